The second-order valence-corrected chi connectivity index (χ2v) is 11.7. The van der Waals surface area contributed by atoms with Crippen molar-refractivity contribution >= 4 is 17.8 Å². The number of piperazine rings is 1. The van der Waals surface area contributed by atoms with Crippen molar-refractivity contribution in [1.82, 2.24) is 24.3 Å². The van der Waals surface area contributed by atoms with Crippen LogP contribution in [0.3, 0.4) is 0 Å². The van der Waals surface area contributed by atoms with E-state index in [1.54, 1.807) is 35.9 Å². The number of hydrogen-bond acceptors (Lipinski definition) is 7. The maximum Gasteiger partial charge on any atom is 0.354 e. The molecule has 0 bridgehead atoms. The summed E-state index contributed by atoms with van der Waals surface area (Å²) in [6.07, 6.45) is 2.60. The number of aromatic nitrogens is 2. The van der Waals surface area contributed by atoms with Gasteiger partial charge in [0.05, 0.1) is 11.2 Å². The van der Waals surface area contributed by atoms with Crippen molar-refractivity contribution in [3.8, 4) is 5.69 Å². The lowest BCUT2D eigenvalue weighted by Crippen LogP contribution is -2.58. The van der Waals surface area contributed by atoms with Gasteiger partial charge in [-0.15, -0.1) is 0 Å². The van der Waals surface area contributed by atoms with E-state index < -0.39 is 11.2 Å². The zero-order chi connectivity index (χ0) is 27.9. The SMILES string of the molecule is Cc1cc(-n2ccc(NC(=O)N3CCN(C(=O)C(C)(C)N)CC3)nc2=O)ccc1CCN1CC2C(CN)C2C1. The van der Waals surface area contributed by atoms with E-state index in [1.165, 1.54) is 10.1 Å². The molecular weight excluding hydrogens is 496 g/mol. The summed E-state index contributed by atoms with van der Waals surface area (Å²) in [4.78, 5) is 47.8. The Balaban J connectivity index is 1.14. The lowest BCUT2D eigenvalue weighted by Gasteiger charge is -2.37. The van der Waals surface area contributed by atoms with E-state index in [2.05, 4.69) is 28.2 Å². The number of amides is 3. The maximum atomic E-state index is 12.8. The summed E-state index contributed by atoms with van der Waals surface area (Å²) in [5, 5.41) is 2.70. The van der Waals surface area contributed by atoms with Gasteiger partial charge in [-0.2, -0.15) is 4.98 Å². The Morgan fingerprint density at radius 1 is 1.08 bits per heavy atom. The van der Waals surface area contributed by atoms with Crippen LogP contribution in [0.4, 0.5) is 10.6 Å². The number of carbonyl (C=O) groups is 2. The van der Waals surface area contributed by atoms with Crippen LogP contribution >= 0.6 is 0 Å². The smallest absolute Gasteiger partial charge is 0.338 e. The van der Waals surface area contributed by atoms with Crippen molar-refractivity contribution < 1.29 is 9.59 Å². The molecule has 3 aliphatic rings. The molecule has 1 aromatic heterocycles. The van der Waals surface area contributed by atoms with Crippen LogP contribution in [0.2, 0.25) is 0 Å². The predicted octanol–water partition coefficient (Wildman–Crippen LogP) is 0.633. The first kappa shape index (κ1) is 27.3. The summed E-state index contributed by atoms with van der Waals surface area (Å²) < 4.78 is 1.48. The molecule has 5 rings (SSSR count). The third-order valence-corrected chi connectivity index (χ3v) is 8.46. The number of nitrogens with two attached hydrogens (primary N) is 2. The Bertz CT molecular complexity index is 1280. The number of rotatable bonds is 7. The molecule has 210 valence electrons. The number of nitrogens with zero attached hydrogens (tertiary/aromatic N) is 5. The van der Waals surface area contributed by atoms with E-state index in [4.69, 9.17) is 11.5 Å². The van der Waals surface area contributed by atoms with Crippen LogP contribution < -0.4 is 22.5 Å². The Labute approximate surface area is 229 Å². The molecule has 2 aliphatic heterocycles. The van der Waals surface area contributed by atoms with Gasteiger partial charge in [-0.25, -0.2) is 9.59 Å². The Kier molecular flexibility index (Phi) is 7.49. The zero-order valence-electron chi connectivity index (χ0n) is 23.1. The Morgan fingerprint density at radius 2 is 1.74 bits per heavy atom. The van der Waals surface area contributed by atoms with Crippen LogP contribution in [0.5, 0.6) is 0 Å². The summed E-state index contributed by atoms with van der Waals surface area (Å²) >= 11 is 0. The number of aryl methyl sites for hydroxylation is 1. The number of nitrogens with one attached hydrogen (secondary N) is 1. The molecule has 11 heteroatoms. The first-order valence-corrected chi connectivity index (χ1v) is 13.8. The predicted molar refractivity (Wildman–Crippen MR) is 150 cm³/mol. The monoisotopic (exact) mass is 536 g/mol. The summed E-state index contributed by atoms with van der Waals surface area (Å²) in [7, 11) is 0. The van der Waals surface area contributed by atoms with E-state index in [0.29, 0.717) is 26.2 Å². The van der Waals surface area contributed by atoms with Crippen LogP contribution in [-0.2, 0) is 11.2 Å². The number of hydrogen-bond donors (Lipinski definition) is 3. The van der Waals surface area contributed by atoms with Crippen molar-refractivity contribution in [2.24, 2.45) is 29.2 Å². The third-order valence-electron chi connectivity index (χ3n) is 8.46. The molecule has 1 saturated carbocycles. The number of piperidine rings is 1. The highest BCUT2D eigenvalue weighted by Gasteiger charge is 2.54. The van der Waals surface area contributed by atoms with Gasteiger partial charge in [0.15, 0.2) is 0 Å². The topological polar surface area (TPSA) is 143 Å². The molecule has 5 N–H and O–H groups in total. The van der Waals surface area contributed by atoms with Crippen LogP contribution in [0, 0.1) is 24.7 Å². The number of anilines is 1. The summed E-state index contributed by atoms with van der Waals surface area (Å²) in [6, 6.07) is 7.30. The van der Waals surface area contributed by atoms with Crippen LogP contribution in [0.1, 0.15) is 25.0 Å². The summed E-state index contributed by atoms with van der Waals surface area (Å²) in [5.74, 6) is 2.40. The fourth-order valence-corrected chi connectivity index (χ4v) is 6.04. The second kappa shape index (κ2) is 10.7. The minimum atomic E-state index is -0.944. The van der Waals surface area contributed by atoms with Crippen molar-refractivity contribution in [3.05, 3.63) is 52.1 Å². The van der Waals surface area contributed by atoms with Gasteiger partial charge in [0.2, 0.25) is 5.91 Å². The molecule has 3 fully saturated rings. The molecule has 2 saturated heterocycles. The third kappa shape index (κ3) is 5.85. The van der Waals surface area contributed by atoms with Gasteiger partial charge in [0.25, 0.3) is 0 Å². The molecule has 0 radical (unpaired) electrons. The molecular formula is C28H40N8O3. The first-order valence-electron chi connectivity index (χ1n) is 13.8. The highest BCUT2D eigenvalue weighted by molar-refractivity contribution is 5.89. The minimum Gasteiger partial charge on any atom is -0.338 e. The molecule has 11 nitrogen and oxygen atoms in total. The number of benzene rings is 1. The van der Waals surface area contributed by atoms with Crippen LogP contribution in [0.15, 0.2) is 35.3 Å². The van der Waals surface area contributed by atoms with Crippen LogP contribution in [-0.4, -0.2) is 94.1 Å². The van der Waals surface area contributed by atoms with Gasteiger partial charge in [-0.1, -0.05) is 6.07 Å². The summed E-state index contributed by atoms with van der Waals surface area (Å²) in [5.41, 5.74) is 13.5. The van der Waals surface area contributed by atoms with Gasteiger partial charge in [0, 0.05) is 52.0 Å². The average molecular weight is 537 g/mol. The van der Waals surface area contributed by atoms with E-state index in [0.717, 1.165) is 61.6 Å². The number of urea groups is 1. The number of likely N-dealkylation sites (tertiary alicyclic amines) is 1. The maximum absolute atomic E-state index is 12.8. The highest BCUT2D eigenvalue weighted by atomic mass is 16.2. The van der Waals surface area contributed by atoms with Crippen molar-refractivity contribution in [1.29, 1.82) is 0 Å². The lowest BCUT2D eigenvalue weighted by atomic mass is 10.0. The quantitative estimate of drug-likeness (QED) is 0.471. The van der Waals surface area contributed by atoms with E-state index in [1.807, 2.05) is 12.1 Å². The van der Waals surface area contributed by atoms with Crippen molar-refractivity contribution in [2.45, 2.75) is 32.7 Å². The fraction of sp³-hybridized carbons (Fsp3) is 0.571. The zero-order valence-corrected chi connectivity index (χ0v) is 23.1. The van der Waals surface area contributed by atoms with Crippen molar-refractivity contribution in [2.75, 3.05) is 57.7 Å². The van der Waals surface area contributed by atoms with Gasteiger partial charge >= 0.3 is 11.7 Å². The van der Waals surface area contributed by atoms with E-state index in [9.17, 15) is 14.4 Å². The normalized spacial score (nSPS) is 23.1. The van der Waals surface area contributed by atoms with Gasteiger partial charge in [0.1, 0.15) is 5.82 Å². The lowest BCUT2D eigenvalue weighted by molar-refractivity contribution is -0.137. The first-order chi connectivity index (χ1) is 18.5. The van der Waals surface area contributed by atoms with E-state index in [-0.39, 0.29) is 17.8 Å². The van der Waals surface area contributed by atoms with Crippen molar-refractivity contribution in [3.63, 3.8) is 0 Å². The molecule has 0 spiro atoms. The molecule has 3 heterocycles. The Hall–Kier alpha value is -3.28. The Morgan fingerprint density at radius 3 is 2.33 bits per heavy atom. The highest BCUT2D eigenvalue weighted by Crippen LogP contribution is 2.50. The van der Waals surface area contributed by atoms with Gasteiger partial charge < -0.3 is 26.2 Å². The van der Waals surface area contributed by atoms with E-state index >= 15 is 0 Å². The molecule has 2 unspecified atom stereocenters. The van der Waals surface area contributed by atoms with Crippen LogP contribution in [0.25, 0.3) is 5.69 Å². The molecule has 39 heavy (non-hydrogen) atoms. The summed E-state index contributed by atoms with van der Waals surface area (Å²) in [6.45, 7) is 11.2. The average Bonchev–Trinajstić information content (AvgIpc) is 3.38. The molecule has 1 aromatic carbocycles. The largest absolute Gasteiger partial charge is 0.354 e. The molecule has 2 aromatic rings. The number of carbonyl (C=O) groups excluding carboxylic acids is 2. The van der Waals surface area contributed by atoms with Gasteiger partial charge in [-0.05, 0) is 80.8 Å². The second-order valence-electron chi connectivity index (χ2n) is 11.7. The number of fused-ring (bicyclic) bond motifs is 1. The molecule has 1 aliphatic carbocycles. The molecule has 3 amide bonds. The standard InChI is InChI=1S/C28H40N8O3/c1-18-14-20(5-4-19(18)6-8-33-16-22-21(15-29)23(22)17-33)36-9-7-24(32-27(36)39)31-26(38)35-12-10-34(11-13-35)25(37)28(2,3)30/h4-5,7,9,14,21-23H,6,8,10-13,15-17,29-30H2,1-3H3,(H,31,32,38,39). The fourth-order valence-electron chi connectivity index (χ4n) is 6.04. The van der Waals surface area contributed by atoms with Gasteiger partial charge in [-0.3, -0.25) is 14.7 Å². The minimum absolute atomic E-state index is 0.139. The molecule has 2 atom stereocenters.